The van der Waals surface area contributed by atoms with Crippen molar-refractivity contribution in [2.75, 3.05) is 60.0 Å². The highest BCUT2D eigenvalue weighted by molar-refractivity contribution is 5.87. The molecule has 2 rings (SSSR count). The molecule has 2 heterocycles. The van der Waals surface area contributed by atoms with Crippen LogP contribution in [0.1, 0.15) is 26.7 Å². The smallest absolute Gasteiger partial charge is 0.381 e. The van der Waals surface area contributed by atoms with Gasteiger partial charge in [-0.1, -0.05) is 0 Å². The molecular formula is C18H33F3N4O2. The summed E-state index contributed by atoms with van der Waals surface area (Å²) < 4.78 is 45.5. The Bertz CT molecular complexity index is 515. The molecule has 0 saturated carbocycles. The molecular weight excluding hydrogens is 361 g/mol. The van der Waals surface area contributed by atoms with Gasteiger partial charge >= 0.3 is 6.18 Å². The minimum absolute atomic E-state index is 0.238. The number of alkyl halides is 3. The minimum Gasteiger partial charge on any atom is -0.381 e. The molecule has 2 saturated heterocycles. The van der Waals surface area contributed by atoms with Crippen LogP contribution in [0.2, 0.25) is 0 Å². The van der Waals surface area contributed by atoms with Gasteiger partial charge < -0.3 is 15.4 Å². The van der Waals surface area contributed by atoms with Gasteiger partial charge in [0.25, 0.3) is 0 Å². The fraction of sp³-hybridized carbons (Fsp3) is 0.944. The molecule has 1 amide bonds. The maximum Gasteiger partial charge on any atom is 0.401 e. The average Bonchev–Trinajstić information content (AvgIpc) is 2.54. The van der Waals surface area contributed by atoms with E-state index in [0.29, 0.717) is 32.5 Å². The van der Waals surface area contributed by atoms with Gasteiger partial charge in [-0.25, -0.2) is 0 Å². The quantitative estimate of drug-likeness (QED) is 0.733. The molecule has 0 aliphatic carbocycles. The fourth-order valence-corrected chi connectivity index (χ4v) is 5.04. The molecule has 6 nitrogen and oxygen atoms in total. The van der Waals surface area contributed by atoms with Crippen LogP contribution in [-0.2, 0) is 9.53 Å². The number of ether oxygens (including phenoxy) is 1. The van der Waals surface area contributed by atoms with E-state index in [1.54, 1.807) is 0 Å². The summed E-state index contributed by atoms with van der Waals surface area (Å²) in [7, 11) is 3.38. The van der Waals surface area contributed by atoms with Gasteiger partial charge in [0.05, 0.1) is 13.2 Å². The van der Waals surface area contributed by atoms with Gasteiger partial charge in [-0.15, -0.1) is 0 Å². The summed E-state index contributed by atoms with van der Waals surface area (Å²) in [6.45, 7) is 6.24. The number of carbonyl (C=O) groups is 1. The summed E-state index contributed by atoms with van der Waals surface area (Å²) in [5.74, 6) is -1.11. The first-order valence-corrected chi connectivity index (χ1v) is 9.52. The number of carbonyl (C=O) groups excluding carboxylic acids is 1. The largest absolute Gasteiger partial charge is 0.401 e. The highest BCUT2D eigenvalue weighted by Crippen LogP contribution is 2.43. The van der Waals surface area contributed by atoms with Crippen LogP contribution >= 0.6 is 0 Å². The first-order chi connectivity index (χ1) is 12.4. The Labute approximate surface area is 159 Å². The topological polar surface area (TPSA) is 62.0 Å². The van der Waals surface area contributed by atoms with Crippen LogP contribution in [0.5, 0.6) is 0 Å². The molecule has 2 aliphatic heterocycles. The number of primary amides is 1. The highest BCUT2D eigenvalue weighted by Gasteiger charge is 2.61. The maximum atomic E-state index is 13.3. The second-order valence-corrected chi connectivity index (χ2v) is 8.37. The zero-order valence-corrected chi connectivity index (χ0v) is 16.8. The summed E-state index contributed by atoms with van der Waals surface area (Å²) in [5, 5.41) is 0. The third-order valence-corrected chi connectivity index (χ3v) is 6.37. The fourth-order valence-electron chi connectivity index (χ4n) is 5.04. The number of likely N-dealkylation sites (N-methyl/N-ethyl adjacent to an activating group) is 2. The van der Waals surface area contributed by atoms with Crippen LogP contribution in [0.3, 0.4) is 0 Å². The van der Waals surface area contributed by atoms with Crippen molar-refractivity contribution in [1.82, 2.24) is 14.7 Å². The van der Waals surface area contributed by atoms with Crippen molar-refractivity contribution in [2.45, 2.75) is 43.9 Å². The van der Waals surface area contributed by atoms with Gasteiger partial charge in [0.2, 0.25) is 5.91 Å². The van der Waals surface area contributed by atoms with E-state index in [-0.39, 0.29) is 6.61 Å². The van der Waals surface area contributed by atoms with Crippen LogP contribution < -0.4 is 5.73 Å². The molecule has 0 aromatic heterocycles. The Kier molecular flexibility index (Phi) is 6.82. The summed E-state index contributed by atoms with van der Waals surface area (Å²) in [6.07, 6.45) is -3.11. The second kappa shape index (κ2) is 8.23. The maximum absolute atomic E-state index is 13.3. The van der Waals surface area contributed by atoms with E-state index in [1.807, 2.05) is 20.9 Å². The number of amides is 1. The van der Waals surface area contributed by atoms with Gasteiger partial charge in [0.15, 0.2) is 0 Å². The zero-order valence-electron chi connectivity index (χ0n) is 16.8. The lowest BCUT2D eigenvalue weighted by atomic mass is 9.65. The molecule has 27 heavy (non-hydrogen) atoms. The number of halogens is 3. The zero-order chi connectivity index (χ0) is 20.5. The number of hydrogen-bond acceptors (Lipinski definition) is 5. The molecule has 0 spiro atoms. The van der Waals surface area contributed by atoms with E-state index in [9.17, 15) is 18.0 Å². The van der Waals surface area contributed by atoms with Gasteiger partial charge in [-0.05, 0) is 40.8 Å². The number of nitrogens with two attached hydrogens (primary N) is 1. The Morgan fingerprint density at radius 3 is 2.26 bits per heavy atom. The van der Waals surface area contributed by atoms with Gasteiger partial charge in [-0.2, -0.15) is 13.2 Å². The predicted octanol–water partition coefficient (Wildman–Crippen LogP) is 1.16. The molecule has 158 valence electrons. The van der Waals surface area contributed by atoms with E-state index in [1.165, 1.54) is 7.05 Å². The third-order valence-electron chi connectivity index (χ3n) is 6.37. The van der Waals surface area contributed by atoms with Crippen molar-refractivity contribution < 1.29 is 22.7 Å². The molecule has 0 aromatic rings. The van der Waals surface area contributed by atoms with Crippen molar-refractivity contribution >= 4 is 5.91 Å². The molecule has 2 N–H and O–H groups in total. The highest BCUT2D eigenvalue weighted by atomic mass is 19.4. The molecule has 0 bridgehead atoms. The minimum atomic E-state index is -4.43. The third kappa shape index (κ3) is 4.41. The van der Waals surface area contributed by atoms with Crippen molar-refractivity contribution in [3.63, 3.8) is 0 Å². The Morgan fingerprint density at radius 2 is 1.81 bits per heavy atom. The molecule has 9 heteroatoms. The lowest BCUT2D eigenvalue weighted by Gasteiger charge is -2.59. The Hall–Kier alpha value is -0.900. The van der Waals surface area contributed by atoms with Crippen molar-refractivity contribution in [1.29, 1.82) is 0 Å². The van der Waals surface area contributed by atoms with Crippen molar-refractivity contribution in [3.8, 4) is 0 Å². The lowest BCUT2D eigenvalue weighted by molar-refractivity contribution is -0.190. The Balaban J connectivity index is 2.49. The van der Waals surface area contributed by atoms with Crippen LogP contribution in [0.4, 0.5) is 13.2 Å². The predicted molar refractivity (Wildman–Crippen MR) is 97.3 cm³/mol. The molecule has 0 aromatic carbocycles. The van der Waals surface area contributed by atoms with E-state index in [4.69, 9.17) is 10.5 Å². The van der Waals surface area contributed by atoms with Crippen molar-refractivity contribution in [3.05, 3.63) is 0 Å². The van der Waals surface area contributed by atoms with Gasteiger partial charge in [0.1, 0.15) is 5.54 Å². The molecule has 2 fully saturated rings. The molecule has 2 atom stereocenters. The summed E-state index contributed by atoms with van der Waals surface area (Å²) in [6, 6.07) is 0. The number of piperazine rings is 1. The van der Waals surface area contributed by atoms with Crippen molar-refractivity contribution in [2.24, 2.45) is 11.7 Å². The van der Waals surface area contributed by atoms with Crippen LogP contribution in [0.25, 0.3) is 0 Å². The van der Waals surface area contributed by atoms with E-state index >= 15 is 0 Å². The van der Waals surface area contributed by atoms with Crippen LogP contribution in [-0.4, -0.2) is 97.9 Å². The van der Waals surface area contributed by atoms with E-state index < -0.39 is 35.6 Å². The number of rotatable bonds is 6. The summed E-state index contributed by atoms with van der Waals surface area (Å²) >= 11 is 0. The van der Waals surface area contributed by atoms with E-state index in [0.717, 1.165) is 18.0 Å². The van der Waals surface area contributed by atoms with E-state index in [2.05, 4.69) is 9.80 Å². The number of nitrogens with zero attached hydrogens (tertiary/aromatic N) is 3. The standard InChI is InChI=1S/C18H33F3N4O2/c1-16(2,25-9-7-23(3)8-10-25)18(15(22)26,14-6-5-11-27-12-14)24(4)13-17(19,20)21/h14H,5-13H2,1-4H3,(H2,22,26)/t14?,18-/m1/s1. The summed E-state index contributed by atoms with van der Waals surface area (Å²) in [5.41, 5.74) is 3.53. The number of hydrogen-bond donors (Lipinski definition) is 1. The molecule has 0 radical (unpaired) electrons. The van der Waals surface area contributed by atoms with Crippen LogP contribution in [0, 0.1) is 5.92 Å². The average molecular weight is 394 g/mol. The lowest BCUT2D eigenvalue weighted by Crippen LogP contribution is -2.78. The van der Waals surface area contributed by atoms with Gasteiger partial charge in [0, 0.05) is 44.2 Å². The van der Waals surface area contributed by atoms with Gasteiger partial charge in [-0.3, -0.25) is 14.6 Å². The molecule has 1 unspecified atom stereocenters. The SMILES string of the molecule is CN1CCN(C(C)(C)[C@](C(N)=O)(C2CCCOC2)N(C)CC(F)(F)F)CC1. The molecule has 2 aliphatic rings. The second-order valence-electron chi connectivity index (χ2n) is 8.37. The Morgan fingerprint density at radius 1 is 1.22 bits per heavy atom. The monoisotopic (exact) mass is 394 g/mol. The first kappa shape index (κ1) is 22.4. The summed E-state index contributed by atoms with van der Waals surface area (Å²) in [4.78, 5) is 18.3. The normalized spacial score (nSPS) is 26.1. The van der Waals surface area contributed by atoms with Crippen LogP contribution in [0.15, 0.2) is 0 Å². The first-order valence-electron chi connectivity index (χ1n) is 9.52.